The third kappa shape index (κ3) is 4.40. The van der Waals surface area contributed by atoms with Gasteiger partial charge in [0.1, 0.15) is 5.78 Å². The van der Waals surface area contributed by atoms with Crippen molar-refractivity contribution in [3.05, 3.63) is 30.3 Å². The van der Waals surface area contributed by atoms with E-state index in [1.54, 1.807) is 11.8 Å². The van der Waals surface area contributed by atoms with Gasteiger partial charge in [0, 0.05) is 11.3 Å². The molecule has 0 aromatic heterocycles. The van der Waals surface area contributed by atoms with Crippen LogP contribution in [0.15, 0.2) is 35.2 Å². The summed E-state index contributed by atoms with van der Waals surface area (Å²) in [5.41, 5.74) is 0. The number of ketones is 1. The standard InChI is InChI=1S/C14H20OS/c1-3-8-13(15)14(9-4-2)16-12-10-6-5-7-11-12/h5-7,10-11,14H,3-4,8-9H2,1-2H3. The molecule has 0 saturated carbocycles. The third-order valence-corrected chi connectivity index (χ3v) is 3.76. The number of carbonyl (C=O) groups is 1. The highest BCUT2D eigenvalue weighted by Gasteiger charge is 2.17. The van der Waals surface area contributed by atoms with Gasteiger partial charge in [-0.2, -0.15) is 0 Å². The minimum Gasteiger partial charge on any atom is -0.298 e. The number of thioether (sulfide) groups is 1. The van der Waals surface area contributed by atoms with Gasteiger partial charge in [-0.05, 0) is 25.0 Å². The van der Waals surface area contributed by atoms with E-state index >= 15 is 0 Å². The normalized spacial score (nSPS) is 12.4. The van der Waals surface area contributed by atoms with E-state index in [2.05, 4.69) is 26.0 Å². The molecule has 1 aromatic carbocycles. The van der Waals surface area contributed by atoms with Crippen molar-refractivity contribution >= 4 is 17.5 Å². The molecule has 0 aliphatic rings. The smallest absolute Gasteiger partial charge is 0.146 e. The number of rotatable bonds is 7. The lowest BCUT2D eigenvalue weighted by molar-refractivity contribution is -0.118. The summed E-state index contributed by atoms with van der Waals surface area (Å²) in [7, 11) is 0. The highest BCUT2D eigenvalue weighted by molar-refractivity contribution is 8.00. The number of Topliss-reactive ketones (excluding diaryl/α,β-unsaturated/α-hetero) is 1. The monoisotopic (exact) mass is 236 g/mol. The van der Waals surface area contributed by atoms with E-state index in [0.717, 1.165) is 19.3 Å². The van der Waals surface area contributed by atoms with Crippen LogP contribution in [-0.2, 0) is 4.79 Å². The summed E-state index contributed by atoms with van der Waals surface area (Å²) in [6, 6.07) is 10.2. The second-order valence-electron chi connectivity index (χ2n) is 3.92. The molecule has 0 amide bonds. The van der Waals surface area contributed by atoms with Crippen LogP contribution in [0.1, 0.15) is 39.5 Å². The first-order chi connectivity index (χ1) is 7.77. The van der Waals surface area contributed by atoms with Gasteiger partial charge in [0.05, 0.1) is 5.25 Å². The molecule has 0 aliphatic carbocycles. The SMILES string of the molecule is CCCC(=O)C(CCC)Sc1ccccc1. The molecule has 1 rings (SSSR count). The van der Waals surface area contributed by atoms with Gasteiger partial charge in [-0.3, -0.25) is 4.79 Å². The Hall–Kier alpha value is -0.760. The van der Waals surface area contributed by atoms with Crippen molar-refractivity contribution < 1.29 is 4.79 Å². The molecule has 0 aliphatic heterocycles. The van der Waals surface area contributed by atoms with E-state index in [1.807, 2.05) is 18.2 Å². The average molecular weight is 236 g/mol. The Morgan fingerprint density at radius 2 is 1.88 bits per heavy atom. The Bertz CT molecular complexity index is 308. The van der Waals surface area contributed by atoms with Crippen LogP contribution in [0.3, 0.4) is 0 Å². The van der Waals surface area contributed by atoms with E-state index in [-0.39, 0.29) is 5.25 Å². The maximum absolute atomic E-state index is 11.9. The Morgan fingerprint density at radius 3 is 2.44 bits per heavy atom. The fourth-order valence-electron chi connectivity index (χ4n) is 1.62. The second kappa shape index (κ2) is 7.50. The molecule has 16 heavy (non-hydrogen) atoms. The predicted octanol–water partition coefficient (Wildman–Crippen LogP) is 4.32. The minimum absolute atomic E-state index is 0.146. The van der Waals surface area contributed by atoms with Gasteiger partial charge in [-0.1, -0.05) is 38.5 Å². The molecule has 1 unspecified atom stereocenters. The maximum Gasteiger partial charge on any atom is 0.146 e. The lowest BCUT2D eigenvalue weighted by atomic mass is 10.1. The van der Waals surface area contributed by atoms with E-state index in [1.165, 1.54) is 4.90 Å². The van der Waals surface area contributed by atoms with Crippen LogP contribution >= 0.6 is 11.8 Å². The Balaban J connectivity index is 2.60. The maximum atomic E-state index is 11.9. The molecule has 0 N–H and O–H groups in total. The lowest BCUT2D eigenvalue weighted by Gasteiger charge is -2.14. The Morgan fingerprint density at radius 1 is 1.19 bits per heavy atom. The number of carbonyl (C=O) groups excluding carboxylic acids is 1. The predicted molar refractivity (Wildman–Crippen MR) is 70.9 cm³/mol. The first-order valence-corrected chi connectivity index (χ1v) is 6.90. The fraction of sp³-hybridized carbons (Fsp3) is 0.500. The van der Waals surface area contributed by atoms with Crippen molar-refractivity contribution in [2.24, 2.45) is 0 Å². The van der Waals surface area contributed by atoms with Crippen molar-refractivity contribution in [3.63, 3.8) is 0 Å². The van der Waals surface area contributed by atoms with Gasteiger partial charge < -0.3 is 0 Å². The zero-order valence-corrected chi connectivity index (χ0v) is 10.9. The van der Waals surface area contributed by atoms with E-state index < -0.39 is 0 Å². The van der Waals surface area contributed by atoms with Crippen LogP contribution in [0, 0.1) is 0 Å². The van der Waals surface area contributed by atoms with E-state index in [0.29, 0.717) is 12.2 Å². The van der Waals surface area contributed by atoms with Crippen LogP contribution in [0.25, 0.3) is 0 Å². The minimum atomic E-state index is 0.146. The van der Waals surface area contributed by atoms with Crippen molar-refractivity contribution in [2.45, 2.75) is 49.7 Å². The van der Waals surface area contributed by atoms with E-state index in [4.69, 9.17) is 0 Å². The van der Waals surface area contributed by atoms with Crippen LogP contribution in [-0.4, -0.2) is 11.0 Å². The van der Waals surface area contributed by atoms with E-state index in [9.17, 15) is 4.79 Å². The molecule has 0 spiro atoms. The van der Waals surface area contributed by atoms with Crippen molar-refractivity contribution in [2.75, 3.05) is 0 Å². The molecule has 1 nitrogen and oxygen atoms in total. The third-order valence-electron chi connectivity index (χ3n) is 2.43. The molecule has 0 heterocycles. The van der Waals surface area contributed by atoms with Crippen molar-refractivity contribution in [1.29, 1.82) is 0 Å². The molecular weight excluding hydrogens is 216 g/mol. The number of benzene rings is 1. The Kier molecular flexibility index (Phi) is 6.24. The zero-order valence-electron chi connectivity index (χ0n) is 10.1. The summed E-state index contributed by atoms with van der Waals surface area (Å²) in [5.74, 6) is 0.401. The zero-order chi connectivity index (χ0) is 11.8. The van der Waals surface area contributed by atoms with Crippen molar-refractivity contribution in [3.8, 4) is 0 Å². The largest absolute Gasteiger partial charge is 0.298 e. The topological polar surface area (TPSA) is 17.1 Å². The van der Waals surface area contributed by atoms with Crippen LogP contribution in [0.4, 0.5) is 0 Å². The first-order valence-electron chi connectivity index (χ1n) is 6.02. The summed E-state index contributed by atoms with van der Waals surface area (Å²) in [6.07, 6.45) is 3.72. The van der Waals surface area contributed by atoms with Crippen molar-refractivity contribution in [1.82, 2.24) is 0 Å². The molecule has 0 saturated heterocycles. The van der Waals surface area contributed by atoms with Gasteiger partial charge in [0.2, 0.25) is 0 Å². The molecule has 0 radical (unpaired) electrons. The van der Waals surface area contributed by atoms with Gasteiger partial charge in [0.15, 0.2) is 0 Å². The first kappa shape index (κ1) is 13.3. The molecule has 1 aromatic rings. The van der Waals surface area contributed by atoms with Gasteiger partial charge in [0.25, 0.3) is 0 Å². The molecule has 2 heteroatoms. The summed E-state index contributed by atoms with van der Waals surface area (Å²) in [6.45, 7) is 4.20. The lowest BCUT2D eigenvalue weighted by Crippen LogP contribution is -2.16. The molecule has 0 fully saturated rings. The Labute approximate surface area is 103 Å². The average Bonchev–Trinajstić information content (AvgIpc) is 2.30. The quantitative estimate of drug-likeness (QED) is 0.656. The summed E-state index contributed by atoms with van der Waals surface area (Å²) >= 11 is 1.71. The second-order valence-corrected chi connectivity index (χ2v) is 5.20. The molecule has 1 atom stereocenters. The van der Waals surface area contributed by atoms with Crippen LogP contribution in [0.5, 0.6) is 0 Å². The molecule has 0 bridgehead atoms. The summed E-state index contributed by atoms with van der Waals surface area (Å²) in [5, 5.41) is 0.146. The summed E-state index contributed by atoms with van der Waals surface area (Å²) < 4.78 is 0. The number of hydrogen-bond acceptors (Lipinski definition) is 2. The highest BCUT2D eigenvalue weighted by Crippen LogP contribution is 2.27. The number of hydrogen-bond donors (Lipinski definition) is 0. The fourth-order valence-corrected chi connectivity index (χ4v) is 2.86. The van der Waals surface area contributed by atoms with Gasteiger partial charge in [-0.15, -0.1) is 11.8 Å². The van der Waals surface area contributed by atoms with Crippen LogP contribution < -0.4 is 0 Å². The molecule has 88 valence electrons. The molecular formula is C14H20OS. The summed E-state index contributed by atoms with van der Waals surface area (Å²) in [4.78, 5) is 13.1. The van der Waals surface area contributed by atoms with Gasteiger partial charge in [-0.25, -0.2) is 0 Å². The van der Waals surface area contributed by atoms with Crippen LogP contribution in [0.2, 0.25) is 0 Å². The van der Waals surface area contributed by atoms with Gasteiger partial charge >= 0.3 is 0 Å². The highest BCUT2D eigenvalue weighted by atomic mass is 32.2.